The van der Waals surface area contributed by atoms with E-state index in [1.165, 1.54) is 54.9 Å². The van der Waals surface area contributed by atoms with Crippen LogP contribution < -0.4 is 21.7 Å². The van der Waals surface area contributed by atoms with Crippen molar-refractivity contribution < 1.29 is 14.0 Å². The number of hydrogen-bond donors (Lipinski definition) is 4. The number of carbonyl (C=O) groups is 2. The molecule has 3 aromatic carbocycles. The molecule has 0 saturated heterocycles. The summed E-state index contributed by atoms with van der Waals surface area (Å²) >= 11 is 0. The van der Waals surface area contributed by atoms with Crippen LogP contribution in [-0.4, -0.2) is 43.1 Å². The van der Waals surface area contributed by atoms with E-state index in [9.17, 15) is 14.0 Å². The zero-order valence-corrected chi connectivity index (χ0v) is 27.7. The van der Waals surface area contributed by atoms with E-state index in [-0.39, 0.29) is 18.9 Å². The lowest BCUT2D eigenvalue weighted by molar-refractivity contribution is -0.126. The lowest BCUT2D eigenvalue weighted by atomic mass is 9.92. The molecule has 4 rings (SSSR count). The molecule has 1 unspecified atom stereocenters. The molecule has 0 aliphatic heterocycles. The van der Waals surface area contributed by atoms with Gasteiger partial charge in [0.2, 0.25) is 11.8 Å². The zero-order chi connectivity index (χ0) is 33.3. The molecule has 7 nitrogen and oxygen atoms in total. The Labute approximate surface area is 278 Å². The van der Waals surface area contributed by atoms with Gasteiger partial charge in [-0.15, -0.1) is 0 Å². The maximum absolute atomic E-state index is 14.1. The van der Waals surface area contributed by atoms with E-state index in [0.29, 0.717) is 18.5 Å². The first-order valence-corrected chi connectivity index (χ1v) is 17.1. The van der Waals surface area contributed by atoms with Gasteiger partial charge in [-0.05, 0) is 89.9 Å². The Morgan fingerprint density at radius 1 is 0.830 bits per heavy atom. The molecule has 4 aromatic rings. The summed E-state index contributed by atoms with van der Waals surface area (Å²) in [4.78, 5) is 29.0. The number of nitrogens with zero attached hydrogens (tertiary/aromatic N) is 1. The minimum atomic E-state index is -0.792. The predicted molar refractivity (Wildman–Crippen MR) is 191 cm³/mol. The highest BCUT2D eigenvalue weighted by molar-refractivity contribution is 5.98. The lowest BCUT2D eigenvalue weighted by Gasteiger charge is -2.17. The van der Waals surface area contributed by atoms with Gasteiger partial charge < -0.3 is 21.7 Å². The minimum Gasteiger partial charge on any atom is -0.370 e. The highest BCUT2D eigenvalue weighted by Gasteiger charge is 2.16. The van der Waals surface area contributed by atoms with Gasteiger partial charge in [0, 0.05) is 19.2 Å². The average molecular weight is 640 g/mol. The third-order valence-corrected chi connectivity index (χ3v) is 8.53. The Hall–Kier alpha value is -4.30. The molecule has 1 atom stereocenters. The van der Waals surface area contributed by atoms with Crippen molar-refractivity contribution in [1.82, 2.24) is 15.6 Å². The number of carbonyl (C=O) groups excluding carboxylic acids is 2. The number of nitrogens with two attached hydrogens (primary N) is 1. The molecule has 1 heterocycles. The summed E-state index contributed by atoms with van der Waals surface area (Å²) in [5.74, 6) is 0.107. The van der Waals surface area contributed by atoms with Crippen LogP contribution in [0.5, 0.6) is 0 Å². The van der Waals surface area contributed by atoms with Crippen molar-refractivity contribution in [3.05, 3.63) is 95.7 Å². The van der Waals surface area contributed by atoms with Crippen molar-refractivity contribution in [2.24, 2.45) is 5.73 Å². The number of rotatable bonds is 20. The number of anilines is 1. The van der Waals surface area contributed by atoms with Crippen molar-refractivity contribution in [2.75, 3.05) is 31.6 Å². The molecule has 0 aliphatic carbocycles. The number of pyridine rings is 1. The van der Waals surface area contributed by atoms with E-state index in [4.69, 9.17) is 5.73 Å². The molecule has 47 heavy (non-hydrogen) atoms. The molecule has 0 radical (unpaired) electrons. The second kappa shape index (κ2) is 19.4. The number of nitrogens with one attached hydrogen (secondary N) is 3. The van der Waals surface area contributed by atoms with Crippen LogP contribution in [0.2, 0.25) is 0 Å². The van der Waals surface area contributed by atoms with Crippen LogP contribution in [0.25, 0.3) is 21.9 Å². The van der Waals surface area contributed by atoms with Crippen molar-refractivity contribution in [3.63, 3.8) is 0 Å². The van der Waals surface area contributed by atoms with Crippen LogP contribution in [0.1, 0.15) is 80.5 Å². The fourth-order valence-electron chi connectivity index (χ4n) is 5.89. The van der Waals surface area contributed by atoms with E-state index in [1.807, 2.05) is 43.3 Å². The number of halogens is 1. The maximum Gasteiger partial charge on any atom is 0.239 e. The van der Waals surface area contributed by atoms with Crippen molar-refractivity contribution in [2.45, 2.75) is 77.2 Å². The molecule has 0 aliphatic rings. The number of hydrogen-bond acceptors (Lipinski definition) is 5. The first-order chi connectivity index (χ1) is 23.0. The van der Waals surface area contributed by atoms with E-state index in [1.54, 1.807) is 6.20 Å². The third kappa shape index (κ3) is 11.5. The number of benzene rings is 3. The van der Waals surface area contributed by atoms with Crippen LogP contribution in [0.15, 0.2) is 79.0 Å². The van der Waals surface area contributed by atoms with Gasteiger partial charge in [-0.2, -0.15) is 0 Å². The van der Waals surface area contributed by atoms with Crippen LogP contribution in [-0.2, 0) is 16.0 Å². The van der Waals surface area contributed by atoms with Crippen LogP contribution in [0.4, 0.5) is 10.2 Å². The second-order valence-electron chi connectivity index (χ2n) is 12.3. The molecule has 5 N–H and O–H groups in total. The monoisotopic (exact) mass is 639 g/mol. The first kappa shape index (κ1) is 35.6. The first-order valence-electron chi connectivity index (χ1n) is 17.1. The predicted octanol–water partition coefficient (Wildman–Crippen LogP) is 7.58. The molecule has 0 fully saturated rings. The van der Waals surface area contributed by atoms with Gasteiger partial charge in [-0.1, -0.05) is 92.8 Å². The standard InChI is InChI=1S/C39H50FN5O2/c1-29-22-25-43-37(26-29)42-24-11-15-38(46)44-28-39(47)45-36(27-40)32-18-16-31(17-19-32)34-21-20-30(33-13-8-9-14-35(33)34)12-7-5-3-2-4-6-10-23-41/h8-9,13-14,16-22,25-26,36H,2-7,10-12,15,23-24,27-28,41H2,1H3,(H,42,43)(H,44,46)(H,45,47). The smallest absolute Gasteiger partial charge is 0.239 e. The summed E-state index contributed by atoms with van der Waals surface area (Å²) in [6.45, 7) is 2.42. The number of unbranched alkanes of at least 4 members (excludes halogenated alkanes) is 6. The number of alkyl halides is 1. The van der Waals surface area contributed by atoms with Gasteiger partial charge in [0.25, 0.3) is 0 Å². The molecule has 8 heteroatoms. The maximum atomic E-state index is 14.1. The third-order valence-electron chi connectivity index (χ3n) is 8.53. The molecular weight excluding hydrogens is 589 g/mol. The fraction of sp³-hybridized carbons (Fsp3) is 0.410. The zero-order valence-electron chi connectivity index (χ0n) is 27.7. The second-order valence-corrected chi connectivity index (χ2v) is 12.3. The van der Waals surface area contributed by atoms with Crippen molar-refractivity contribution in [1.29, 1.82) is 0 Å². The number of fused-ring (bicyclic) bond motifs is 1. The number of amides is 2. The van der Waals surface area contributed by atoms with Gasteiger partial charge in [-0.25, -0.2) is 9.37 Å². The Kier molecular flexibility index (Phi) is 14.7. The summed E-state index contributed by atoms with van der Waals surface area (Å²) in [6, 6.07) is 23.7. The highest BCUT2D eigenvalue weighted by atomic mass is 19.1. The highest BCUT2D eigenvalue weighted by Crippen LogP contribution is 2.32. The fourth-order valence-corrected chi connectivity index (χ4v) is 5.89. The molecule has 0 bridgehead atoms. The van der Waals surface area contributed by atoms with E-state index in [0.717, 1.165) is 41.9 Å². The van der Waals surface area contributed by atoms with Gasteiger partial charge >= 0.3 is 0 Å². The quantitative estimate of drug-likeness (QED) is 0.0746. The van der Waals surface area contributed by atoms with E-state index >= 15 is 0 Å². The largest absolute Gasteiger partial charge is 0.370 e. The van der Waals surface area contributed by atoms with E-state index < -0.39 is 18.6 Å². The number of aryl methyl sites for hydroxylation is 2. The molecular formula is C39H50FN5O2. The SMILES string of the molecule is Cc1ccnc(NCCCC(=O)NCC(=O)NC(CF)c2ccc(-c3ccc(CCCCCCCCCN)c4ccccc34)cc2)c1. The Bertz CT molecular complexity index is 1560. The Balaban J connectivity index is 1.25. The topological polar surface area (TPSA) is 109 Å². The van der Waals surface area contributed by atoms with E-state index in [2.05, 4.69) is 57.3 Å². The van der Waals surface area contributed by atoms with Gasteiger partial charge in [0.05, 0.1) is 12.6 Å². The van der Waals surface area contributed by atoms with Gasteiger partial charge in [0.15, 0.2) is 0 Å². The van der Waals surface area contributed by atoms with Crippen LogP contribution in [0.3, 0.4) is 0 Å². The molecule has 0 spiro atoms. The summed E-state index contributed by atoms with van der Waals surface area (Å²) in [5, 5.41) is 11.0. The van der Waals surface area contributed by atoms with Crippen LogP contribution in [0, 0.1) is 6.92 Å². The average Bonchev–Trinajstić information content (AvgIpc) is 3.09. The molecule has 250 valence electrons. The molecule has 1 aromatic heterocycles. The summed E-state index contributed by atoms with van der Waals surface area (Å²) < 4.78 is 14.1. The Morgan fingerprint density at radius 3 is 2.28 bits per heavy atom. The Morgan fingerprint density at radius 2 is 1.55 bits per heavy atom. The summed E-state index contributed by atoms with van der Waals surface area (Å²) in [5.41, 5.74) is 10.9. The van der Waals surface area contributed by atoms with Crippen molar-refractivity contribution >= 4 is 28.4 Å². The molecule has 2 amide bonds. The van der Waals surface area contributed by atoms with Gasteiger partial charge in [-0.3, -0.25) is 9.59 Å². The normalized spacial score (nSPS) is 11.7. The lowest BCUT2D eigenvalue weighted by Crippen LogP contribution is -2.39. The van der Waals surface area contributed by atoms with Crippen molar-refractivity contribution in [3.8, 4) is 11.1 Å². The number of aromatic nitrogens is 1. The summed E-state index contributed by atoms with van der Waals surface area (Å²) in [6.07, 6.45) is 12.3. The molecule has 0 saturated carbocycles. The summed E-state index contributed by atoms with van der Waals surface area (Å²) in [7, 11) is 0. The minimum absolute atomic E-state index is 0.201. The van der Waals surface area contributed by atoms with Crippen LogP contribution >= 0.6 is 0 Å². The van der Waals surface area contributed by atoms with Gasteiger partial charge in [0.1, 0.15) is 12.5 Å².